The lowest BCUT2D eigenvalue weighted by molar-refractivity contribution is -0.0465. The predicted octanol–water partition coefficient (Wildman–Crippen LogP) is 8.17. The summed E-state index contributed by atoms with van der Waals surface area (Å²) in [5.41, 5.74) is 2.59. The van der Waals surface area contributed by atoms with Crippen LogP contribution in [0.15, 0.2) is 23.5 Å². The van der Waals surface area contributed by atoms with Gasteiger partial charge in [0.15, 0.2) is 0 Å². The molecule has 0 aromatic rings. The Kier molecular flexibility index (Phi) is 6.00. The number of hydrogen-bond acceptors (Lipinski definition) is 1. The van der Waals surface area contributed by atoms with Crippen molar-refractivity contribution in [3.8, 4) is 0 Å². The Labute approximate surface area is 180 Å². The van der Waals surface area contributed by atoms with Crippen molar-refractivity contribution < 1.29 is 4.74 Å². The zero-order valence-electron chi connectivity index (χ0n) is 20.1. The van der Waals surface area contributed by atoms with Crippen LogP contribution in [0, 0.1) is 46.3 Å². The standard InChI is InChI=1S/C28H46O/c1-19(2)8-7-9-20(3)24-12-13-25-23-11-10-21-18-22(29-6)14-16-27(21,4)26(23)15-17-28(24,25)5/h10,18-20,23-26H,7-9,11-17H2,1-6H3/t20-,23-,24+,25-,26-,27+,28+/m1/s1. The molecule has 0 aliphatic heterocycles. The van der Waals surface area contributed by atoms with Crippen LogP contribution in [-0.2, 0) is 4.74 Å². The molecular formula is C28H46O. The summed E-state index contributed by atoms with van der Waals surface area (Å²) >= 11 is 0. The highest BCUT2D eigenvalue weighted by atomic mass is 16.5. The number of methoxy groups -OCH3 is 1. The first kappa shape index (κ1) is 21.5. The van der Waals surface area contributed by atoms with E-state index >= 15 is 0 Å². The number of hydrogen-bond donors (Lipinski definition) is 0. The lowest BCUT2D eigenvalue weighted by atomic mass is 9.47. The van der Waals surface area contributed by atoms with Gasteiger partial charge in [-0.1, -0.05) is 60.0 Å². The molecule has 4 rings (SSSR count). The number of rotatable bonds is 6. The maximum Gasteiger partial charge on any atom is 0.0958 e. The van der Waals surface area contributed by atoms with Crippen LogP contribution in [0.2, 0.25) is 0 Å². The van der Waals surface area contributed by atoms with Gasteiger partial charge in [-0.3, -0.25) is 0 Å². The maximum atomic E-state index is 5.61. The number of fused-ring (bicyclic) bond motifs is 5. The van der Waals surface area contributed by atoms with Gasteiger partial charge in [-0.15, -0.1) is 0 Å². The van der Waals surface area contributed by atoms with Gasteiger partial charge in [-0.2, -0.15) is 0 Å². The third kappa shape index (κ3) is 3.63. The van der Waals surface area contributed by atoms with Crippen molar-refractivity contribution in [3.63, 3.8) is 0 Å². The van der Waals surface area contributed by atoms with Crippen molar-refractivity contribution in [1.29, 1.82) is 0 Å². The highest BCUT2D eigenvalue weighted by Gasteiger charge is 2.58. The van der Waals surface area contributed by atoms with Crippen LogP contribution in [0.5, 0.6) is 0 Å². The van der Waals surface area contributed by atoms with E-state index in [4.69, 9.17) is 4.74 Å². The molecule has 0 saturated heterocycles. The lowest BCUT2D eigenvalue weighted by Crippen LogP contribution is -2.49. The van der Waals surface area contributed by atoms with Crippen LogP contribution in [0.25, 0.3) is 0 Å². The first-order valence-electron chi connectivity index (χ1n) is 12.7. The largest absolute Gasteiger partial charge is 0.501 e. The fourth-order valence-corrected chi connectivity index (χ4v) is 8.49. The van der Waals surface area contributed by atoms with Crippen molar-refractivity contribution in [1.82, 2.24) is 0 Å². The van der Waals surface area contributed by atoms with Gasteiger partial charge in [0.05, 0.1) is 12.9 Å². The zero-order chi connectivity index (χ0) is 20.8. The normalized spacial score (nSPS) is 42.4. The van der Waals surface area contributed by atoms with Crippen LogP contribution >= 0.6 is 0 Å². The van der Waals surface area contributed by atoms with Gasteiger partial charge in [0, 0.05) is 6.42 Å². The monoisotopic (exact) mass is 398 g/mol. The van der Waals surface area contributed by atoms with Gasteiger partial charge in [0.25, 0.3) is 0 Å². The van der Waals surface area contributed by atoms with E-state index in [2.05, 4.69) is 46.8 Å². The topological polar surface area (TPSA) is 9.23 Å². The summed E-state index contributed by atoms with van der Waals surface area (Å²) in [5, 5.41) is 0. The molecule has 29 heavy (non-hydrogen) atoms. The van der Waals surface area contributed by atoms with Crippen LogP contribution < -0.4 is 0 Å². The van der Waals surface area contributed by atoms with Gasteiger partial charge >= 0.3 is 0 Å². The summed E-state index contributed by atoms with van der Waals surface area (Å²) in [6.07, 6.45) is 19.0. The van der Waals surface area contributed by atoms with Gasteiger partial charge in [0.2, 0.25) is 0 Å². The minimum Gasteiger partial charge on any atom is -0.501 e. The molecule has 7 atom stereocenters. The van der Waals surface area contributed by atoms with E-state index in [0.29, 0.717) is 10.8 Å². The molecule has 0 amide bonds. The minimum absolute atomic E-state index is 0.396. The van der Waals surface area contributed by atoms with Gasteiger partial charge < -0.3 is 4.74 Å². The molecule has 0 radical (unpaired) electrons. The molecule has 0 unspecified atom stereocenters. The maximum absolute atomic E-state index is 5.61. The van der Waals surface area contributed by atoms with E-state index < -0.39 is 0 Å². The van der Waals surface area contributed by atoms with Gasteiger partial charge in [0.1, 0.15) is 0 Å². The summed E-state index contributed by atoms with van der Waals surface area (Å²) in [4.78, 5) is 0. The van der Waals surface area contributed by atoms with E-state index in [-0.39, 0.29) is 0 Å². The zero-order valence-corrected chi connectivity index (χ0v) is 20.1. The first-order chi connectivity index (χ1) is 13.8. The molecule has 164 valence electrons. The van der Waals surface area contributed by atoms with Crippen molar-refractivity contribution in [3.05, 3.63) is 23.5 Å². The third-order valence-corrected chi connectivity index (χ3v) is 10.2. The Hall–Kier alpha value is -0.720. The molecule has 4 aliphatic rings. The summed E-state index contributed by atoms with van der Waals surface area (Å²) in [6, 6.07) is 0. The lowest BCUT2D eigenvalue weighted by Gasteiger charge is -2.57. The molecular weight excluding hydrogens is 352 g/mol. The van der Waals surface area contributed by atoms with Crippen molar-refractivity contribution in [2.75, 3.05) is 7.11 Å². The highest BCUT2D eigenvalue weighted by molar-refractivity contribution is 5.35. The van der Waals surface area contributed by atoms with Crippen LogP contribution in [0.3, 0.4) is 0 Å². The summed E-state index contributed by atoms with van der Waals surface area (Å²) in [7, 11) is 1.84. The molecule has 0 aromatic carbocycles. The molecule has 0 heterocycles. The Morgan fingerprint density at radius 3 is 2.55 bits per heavy atom. The predicted molar refractivity (Wildman–Crippen MR) is 124 cm³/mol. The number of allylic oxidation sites excluding steroid dienone is 4. The molecule has 0 spiro atoms. The van der Waals surface area contributed by atoms with E-state index in [1.165, 1.54) is 63.5 Å². The fourth-order valence-electron chi connectivity index (χ4n) is 8.49. The van der Waals surface area contributed by atoms with Gasteiger partial charge in [-0.05, 0) is 96.5 Å². The van der Waals surface area contributed by atoms with Crippen molar-refractivity contribution in [2.24, 2.45) is 46.3 Å². The smallest absolute Gasteiger partial charge is 0.0958 e. The SMILES string of the molecule is COC1=CC2=CC[C@@H]3[C@H]4CC[C@@H]([C@H](C)CCCC(C)C)[C@]4(C)CC[C@H]3[C@@]2(C)CC1. The van der Waals surface area contributed by atoms with E-state index in [1.54, 1.807) is 5.57 Å². The molecule has 1 heteroatoms. The molecule has 1 nitrogen and oxygen atoms in total. The molecule has 0 N–H and O–H groups in total. The molecule has 2 saturated carbocycles. The molecule has 2 fully saturated rings. The Morgan fingerprint density at radius 1 is 1.03 bits per heavy atom. The Bertz CT molecular complexity index is 657. The van der Waals surface area contributed by atoms with Crippen LogP contribution in [0.4, 0.5) is 0 Å². The van der Waals surface area contributed by atoms with Crippen LogP contribution in [0.1, 0.15) is 98.8 Å². The Morgan fingerprint density at radius 2 is 1.83 bits per heavy atom. The van der Waals surface area contributed by atoms with E-state index in [0.717, 1.165) is 41.9 Å². The molecule has 0 bridgehead atoms. The minimum atomic E-state index is 0.396. The van der Waals surface area contributed by atoms with Crippen molar-refractivity contribution in [2.45, 2.75) is 98.8 Å². The average Bonchev–Trinajstić information content (AvgIpc) is 3.04. The van der Waals surface area contributed by atoms with E-state index in [9.17, 15) is 0 Å². The van der Waals surface area contributed by atoms with Gasteiger partial charge in [-0.25, -0.2) is 0 Å². The third-order valence-electron chi connectivity index (χ3n) is 10.2. The number of ether oxygens (including phenoxy) is 1. The van der Waals surface area contributed by atoms with Crippen LogP contribution in [-0.4, -0.2) is 7.11 Å². The highest BCUT2D eigenvalue weighted by Crippen LogP contribution is 2.67. The molecule has 4 aliphatic carbocycles. The Balaban J connectivity index is 1.51. The second kappa shape index (κ2) is 8.08. The first-order valence-corrected chi connectivity index (χ1v) is 12.7. The molecule has 0 aromatic heterocycles. The summed E-state index contributed by atoms with van der Waals surface area (Å²) in [6.45, 7) is 12.6. The van der Waals surface area contributed by atoms with Crippen molar-refractivity contribution >= 4 is 0 Å². The summed E-state index contributed by atoms with van der Waals surface area (Å²) in [5.74, 6) is 6.71. The van der Waals surface area contributed by atoms with E-state index in [1.807, 2.05) is 7.11 Å². The quantitative estimate of drug-likeness (QED) is 0.438. The summed E-state index contributed by atoms with van der Waals surface area (Å²) < 4.78 is 5.61. The fraction of sp³-hybridized carbons (Fsp3) is 0.857. The second-order valence-corrected chi connectivity index (χ2v) is 12.0. The second-order valence-electron chi connectivity index (χ2n) is 12.0. The average molecular weight is 399 g/mol.